The Morgan fingerprint density at radius 2 is 1.78 bits per heavy atom. The largest absolute Gasteiger partial charge is 0.471 e. The van der Waals surface area contributed by atoms with Crippen LogP contribution in [0.3, 0.4) is 0 Å². The van der Waals surface area contributed by atoms with E-state index in [4.69, 9.17) is 4.74 Å². The molecule has 0 aromatic carbocycles. The lowest BCUT2D eigenvalue weighted by Gasteiger charge is -2.14. The van der Waals surface area contributed by atoms with Gasteiger partial charge in [-0.25, -0.2) is 14.4 Å². The topological polar surface area (TPSA) is 88.1 Å². The smallest absolute Gasteiger partial charge is 0.373 e. The summed E-state index contributed by atoms with van der Waals surface area (Å²) in [6.07, 6.45) is -0.248. The van der Waals surface area contributed by atoms with Gasteiger partial charge in [-0.15, -0.1) is 0 Å². The van der Waals surface area contributed by atoms with E-state index in [1.807, 2.05) is 0 Å². The molecular weight excluding hydrogens is 244 g/mol. The Bertz CT molecular complexity index is 345. The van der Waals surface area contributed by atoms with Crippen molar-refractivity contribution in [2.45, 2.75) is 20.0 Å². The summed E-state index contributed by atoms with van der Waals surface area (Å²) in [4.78, 5) is 33.6. The fourth-order valence-corrected chi connectivity index (χ4v) is 0.906. The van der Waals surface area contributed by atoms with Crippen LogP contribution in [0.25, 0.3) is 0 Å². The van der Waals surface area contributed by atoms with E-state index >= 15 is 0 Å². The first kappa shape index (κ1) is 16.0. The zero-order chi connectivity index (χ0) is 14.1. The van der Waals surface area contributed by atoms with Crippen LogP contribution in [0.5, 0.6) is 0 Å². The van der Waals surface area contributed by atoms with Crippen molar-refractivity contribution in [1.29, 1.82) is 0 Å². The van der Waals surface area contributed by atoms with Crippen LogP contribution >= 0.6 is 0 Å². The molecular formula is C11H16O7. The van der Waals surface area contributed by atoms with E-state index in [2.05, 4.69) is 14.2 Å². The van der Waals surface area contributed by atoms with E-state index in [1.165, 1.54) is 6.92 Å². The highest BCUT2D eigenvalue weighted by atomic mass is 16.6. The first-order valence-electron chi connectivity index (χ1n) is 5.17. The lowest BCUT2D eigenvalue weighted by atomic mass is 10.4. The van der Waals surface area contributed by atoms with Gasteiger partial charge in [0.2, 0.25) is 5.76 Å². The number of esters is 3. The van der Waals surface area contributed by atoms with Gasteiger partial charge >= 0.3 is 17.9 Å². The van der Waals surface area contributed by atoms with Gasteiger partial charge in [0.1, 0.15) is 0 Å². The molecule has 7 heteroatoms. The highest BCUT2D eigenvalue weighted by molar-refractivity contribution is 5.95. The van der Waals surface area contributed by atoms with Gasteiger partial charge in [-0.1, -0.05) is 0 Å². The van der Waals surface area contributed by atoms with Gasteiger partial charge in [0.05, 0.1) is 26.9 Å². The summed E-state index contributed by atoms with van der Waals surface area (Å²) in [5, 5.41) is 0. The zero-order valence-corrected chi connectivity index (χ0v) is 10.7. The van der Waals surface area contributed by atoms with Gasteiger partial charge in [0.25, 0.3) is 0 Å². The SMILES string of the molecule is CCOC(=O)C(C)O/C(=C\C(=O)OC)C(=O)OC. The molecule has 0 aromatic heterocycles. The number of ether oxygens (including phenoxy) is 4. The predicted octanol–water partition coefficient (Wildman–Crippen LogP) is 0.184. The van der Waals surface area contributed by atoms with Crippen LogP contribution in [0.4, 0.5) is 0 Å². The van der Waals surface area contributed by atoms with Gasteiger partial charge < -0.3 is 18.9 Å². The second kappa shape index (κ2) is 8.10. The van der Waals surface area contributed by atoms with E-state index in [0.717, 1.165) is 20.3 Å². The van der Waals surface area contributed by atoms with Crippen molar-refractivity contribution in [2.75, 3.05) is 20.8 Å². The highest BCUT2D eigenvalue weighted by Gasteiger charge is 2.22. The van der Waals surface area contributed by atoms with Crippen molar-refractivity contribution >= 4 is 17.9 Å². The zero-order valence-electron chi connectivity index (χ0n) is 10.7. The summed E-state index contributed by atoms with van der Waals surface area (Å²) >= 11 is 0. The molecule has 0 aromatic rings. The normalized spacial score (nSPS) is 12.3. The van der Waals surface area contributed by atoms with E-state index < -0.39 is 29.8 Å². The lowest BCUT2D eigenvalue weighted by Crippen LogP contribution is -2.26. The van der Waals surface area contributed by atoms with Crippen molar-refractivity contribution in [3.63, 3.8) is 0 Å². The van der Waals surface area contributed by atoms with E-state index in [1.54, 1.807) is 6.92 Å². The third kappa shape index (κ3) is 5.33. The summed E-state index contributed by atoms with van der Waals surface area (Å²) in [7, 11) is 2.26. The lowest BCUT2D eigenvalue weighted by molar-refractivity contribution is -0.156. The summed E-state index contributed by atoms with van der Waals surface area (Å²) in [6, 6.07) is 0. The molecule has 1 unspecified atom stereocenters. The maximum absolute atomic E-state index is 11.3. The number of carbonyl (C=O) groups excluding carboxylic acids is 3. The average Bonchev–Trinajstić information content (AvgIpc) is 2.36. The number of hydrogen-bond acceptors (Lipinski definition) is 7. The molecule has 0 saturated carbocycles. The molecule has 0 bridgehead atoms. The molecule has 1 atom stereocenters. The molecule has 0 rings (SSSR count). The molecule has 0 heterocycles. The monoisotopic (exact) mass is 260 g/mol. The van der Waals surface area contributed by atoms with Gasteiger partial charge in [-0.2, -0.15) is 0 Å². The van der Waals surface area contributed by atoms with E-state index in [0.29, 0.717) is 0 Å². The van der Waals surface area contributed by atoms with Crippen LogP contribution in [0, 0.1) is 0 Å². The average molecular weight is 260 g/mol. The summed E-state index contributed by atoms with van der Waals surface area (Å²) in [6.45, 7) is 3.20. The van der Waals surface area contributed by atoms with Crippen molar-refractivity contribution in [2.24, 2.45) is 0 Å². The Hall–Kier alpha value is -2.05. The number of methoxy groups -OCH3 is 2. The minimum atomic E-state index is -1.04. The first-order valence-corrected chi connectivity index (χ1v) is 5.17. The predicted molar refractivity (Wildman–Crippen MR) is 59.3 cm³/mol. The Balaban J connectivity index is 4.80. The van der Waals surface area contributed by atoms with Gasteiger partial charge in [-0.3, -0.25) is 0 Å². The molecule has 102 valence electrons. The van der Waals surface area contributed by atoms with Crippen LogP contribution < -0.4 is 0 Å². The molecule has 0 aliphatic heterocycles. The Labute approximate surface area is 105 Å². The molecule has 0 N–H and O–H groups in total. The Morgan fingerprint density at radius 3 is 2.22 bits per heavy atom. The molecule has 0 aliphatic rings. The minimum Gasteiger partial charge on any atom is -0.471 e. The van der Waals surface area contributed by atoms with E-state index in [-0.39, 0.29) is 6.61 Å². The maximum atomic E-state index is 11.3. The third-order valence-electron chi connectivity index (χ3n) is 1.76. The maximum Gasteiger partial charge on any atom is 0.373 e. The molecule has 0 spiro atoms. The number of carbonyl (C=O) groups is 3. The summed E-state index contributed by atoms with van der Waals surface area (Å²) < 4.78 is 18.4. The van der Waals surface area contributed by atoms with Crippen molar-refractivity contribution in [1.82, 2.24) is 0 Å². The number of rotatable bonds is 6. The fourth-order valence-electron chi connectivity index (χ4n) is 0.906. The Morgan fingerprint density at radius 1 is 1.17 bits per heavy atom. The molecule has 7 nitrogen and oxygen atoms in total. The molecule has 0 radical (unpaired) electrons. The molecule has 18 heavy (non-hydrogen) atoms. The van der Waals surface area contributed by atoms with Crippen LogP contribution in [0.15, 0.2) is 11.8 Å². The first-order chi connectivity index (χ1) is 8.46. The van der Waals surface area contributed by atoms with Gasteiger partial charge in [0, 0.05) is 0 Å². The van der Waals surface area contributed by atoms with Crippen molar-refractivity contribution in [3.8, 4) is 0 Å². The standard InChI is InChI=1S/C11H16O7/c1-5-17-10(13)7(2)18-8(11(14)16-4)6-9(12)15-3/h6-7H,5H2,1-4H3/b8-6-. The van der Waals surface area contributed by atoms with Crippen LogP contribution in [0.1, 0.15) is 13.8 Å². The third-order valence-corrected chi connectivity index (χ3v) is 1.76. The fraction of sp³-hybridized carbons (Fsp3) is 0.545. The second-order valence-corrected chi connectivity index (χ2v) is 3.04. The molecule has 0 saturated heterocycles. The highest BCUT2D eigenvalue weighted by Crippen LogP contribution is 2.07. The quantitative estimate of drug-likeness (QED) is 0.291. The van der Waals surface area contributed by atoms with Crippen LogP contribution in [-0.2, 0) is 33.3 Å². The summed E-state index contributed by atoms with van der Waals surface area (Å²) in [5.41, 5.74) is 0. The minimum absolute atomic E-state index is 0.181. The second-order valence-electron chi connectivity index (χ2n) is 3.04. The van der Waals surface area contributed by atoms with Gasteiger partial charge in [0.15, 0.2) is 6.10 Å². The van der Waals surface area contributed by atoms with Crippen molar-refractivity contribution < 1.29 is 33.3 Å². The summed E-state index contributed by atoms with van der Waals surface area (Å²) in [5.74, 6) is -2.77. The molecule has 0 aliphatic carbocycles. The molecule has 0 amide bonds. The number of hydrogen-bond donors (Lipinski definition) is 0. The Kier molecular flexibility index (Phi) is 7.18. The van der Waals surface area contributed by atoms with Gasteiger partial charge in [-0.05, 0) is 13.8 Å². The van der Waals surface area contributed by atoms with Crippen molar-refractivity contribution in [3.05, 3.63) is 11.8 Å². The van der Waals surface area contributed by atoms with Crippen LogP contribution in [-0.4, -0.2) is 44.8 Å². The van der Waals surface area contributed by atoms with Crippen LogP contribution in [0.2, 0.25) is 0 Å². The molecule has 0 fully saturated rings. The van der Waals surface area contributed by atoms with E-state index in [9.17, 15) is 14.4 Å².